The lowest BCUT2D eigenvalue weighted by Gasteiger charge is -2.25. The highest BCUT2D eigenvalue weighted by Gasteiger charge is 2.45. The molecule has 1 N–H and O–H groups in total. The Hall–Kier alpha value is -2.59. The third-order valence-corrected chi connectivity index (χ3v) is 5.33. The van der Waals surface area contributed by atoms with Gasteiger partial charge in [0.15, 0.2) is 0 Å². The minimum absolute atomic E-state index is 0.118. The molecule has 1 amide bonds. The summed E-state index contributed by atoms with van der Waals surface area (Å²) in [4.78, 5) is 27.2. The summed E-state index contributed by atoms with van der Waals surface area (Å²) >= 11 is 6.05. The first-order valence-corrected chi connectivity index (χ1v) is 9.98. The van der Waals surface area contributed by atoms with E-state index in [0.29, 0.717) is 17.1 Å². The zero-order chi connectivity index (χ0) is 20.3. The smallest absolute Gasteiger partial charge is 0.295 e. The molecule has 0 saturated carbocycles. The number of carbonyl (C=O) groups is 2. The molecule has 4 nitrogen and oxygen atoms in total. The van der Waals surface area contributed by atoms with Gasteiger partial charge in [-0.25, -0.2) is 0 Å². The van der Waals surface area contributed by atoms with Crippen LogP contribution in [0.2, 0.25) is 5.02 Å². The lowest BCUT2D eigenvalue weighted by atomic mass is 9.94. The monoisotopic (exact) mass is 397 g/mol. The number of likely N-dealkylation sites (tertiary alicyclic amines) is 1. The van der Waals surface area contributed by atoms with Crippen LogP contribution in [0.15, 0.2) is 54.1 Å². The van der Waals surface area contributed by atoms with Gasteiger partial charge in [0.25, 0.3) is 11.7 Å². The summed E-state index contributed by atoms with van der Waals surface area (Å²) in [5.41, 5.74) is 2.53. The van der Waals surface area contributed by atoms with Gasteiger partial charge in [0.1, 0.15) is 5.76 Å². The Balaban J connectivity index is 2.15. The maximum atomic E-state index is 12.8. The molecule has 0 radical (unpaired) electrons. The van der Waals surface area contributed by atoms with Gasteiger partial charge in [0, 0.05) is 17.1 Å². The van der Waals surface area contributed by atoms with Gasteiger partial charge in [-0.15, -0.1) is 0 Å². The van der Waals surface area contributed by atoms with Gasteiger partial charge in [0.2, 0.25) is 0 Å². The number of hydrogen-bond donors (Lipinski definition) is 1. The zero-order valence-electron chi connectivity index (χ0n) is 16.1. The van der Waals surface area contributed by atoms with E-state index < -0.39 is 17.7 Å². The predicted octanol–water partition coefficient (Wildman–Crippen LogP) is 5.12. The Labute approximate surface area is 170 Å². The van der Waals surface area contributed by atoms with E-state index in [1.54, 1.807) is 29.2 Å². The molecule has 2 aromatic carbocycles. The molecule has 2 aromatic rings. The number of aliphatic hydroxyl groups excluding tert-OH is 1. The average Bonchev–Trinajstić information content (AvgIpc) is 2.96. The summed E-state index contributed by atoms with van der Waals surface area (Å²) < 4.78 is 0. The summed E-state index contributed by atoms with van der Waals surface area (Å²) in [5, 5.41) is 11.4. The molecule has 1 aliphatic heterocycles. The lowest BCUT2D eigenvalue weighted by Crippen LogP contribution is -2.30. The number of unbranched alkanes of at least 4 members (excludes halogenated alkanes) is 1. The van der Waals surface area contributed by atoms with Crippen molar-refractivity contribution in [2.75, 3.05) is 6.54 Å². The second-order valence-electron chi connectivity index (χ2n) is 6.95. The van der Waals surface area contributed by atoms with E-state index >= 15 is 0 Å². The molecule has 0 aliphatic carbocycles. The van der Waals surface area contributed by atoms with Gasteiger partial charge in [-0.3, -0.25) is 9.59 Å². The predicted molar refractivity (Wildman–Crippen MR) is 111 cm³/mol. The second-order valence-corrected chi connectivity index (χ2v) is 7.39. The molecule has 1 atom stereocenters. The normalized spacial score (nSPS) is 18.7. The molecule has 1 unspecified atom stereocenters. The van der Waals surface area contributed by atoms with Gasteiger partial charge in [0.05, 0.1) is 11.6 Å². The van der Waals surface area contributed by atoms with Gasteiger partial charge >= 0.3 is 0 Å². The topological polar surface area (TPSA) is 57.6 Å². The number of hydrogen-bond acceptors (Lipinski definition) is 3. The summed E-state index contributed by atoms with van der Waals surface area (Å²) in [5.74, 6) is -1.41. The fraction of sp³-hybridized carbons (Fsp3) is 0.304. The van der Waals surface area contributed by atoms with Gasteiger partial charge in [-0.2, -0.15) is 0 Å². The van der Waals surface area contributed by atoms with Crippen molar-refractivity contribution in [1.29, 1.82) is 0 Å². The van der Waals surface area contributed by atoms with E-state index in [0.717, 1.165) is 24.8 Å². The Kier molecular flexibility index (Phi) is 6.20. The van der Waals surface area contributed by atoms with Crippen LogP contribution in [-0.2, 0) is 16.0 Å². The van der Waals surface area contributed by atoms with E-state index in [4.69, 9.17) is 11.6 Å². The fourth-order valence-electron chi connectivity index (χ4n) is 3.51. The average molecular weight is 398 g/mol. The molecule has 1 heterocycles. The molecule has 1 fully saturated rings. The molecule has 1 saturated heterocycles. The minimum atomic E-state index is -0.654. The number of aliphatic hydroxyl groups is 1. The van der Waals surface area contributed by atoms with Crippen molar-refractivity contribution in [2.24, 2.45) is 0 Å². The molecule has 1 aliphatic rings. The van der Waals surface area contributed by atoms with Crippen LogP contribution in [0, 0.1) is 0 Å². The minimum Gasteiger partial charge on any atom is -0.507 e. The van der Waals surface area contributed by atoms with E-state index in [1.165, 1.54) is 5.56 Å². The van der Waals surface area contributed by atoms with Crippen LogP contribution >= 0.6 is 11.6 Å². The van der Waals surface area contributed by atoms with E-state index in [1.807, 2.05) is 31.2 Å². The molecule has 5 heteroatoms. The summed E-state index contributed by atoms with van der Waals surface area (Å²) in [7, 11) is 0. The number of Topliss-reactive ketones (excluding diaryl/α,β-unsaturated/α-hetero) is 1. The van der Waals surface area contributed by atoms with Crippen molar-refractivity contribution >= 4 is 29.1 Å². The van der Waals surface area contributed by atoms with E-state index in [9.17, 15) is 14.7 Å². The van der Waals surface area contributed by atoms with Crippen molar-refractivity contribution in [1.82, 2.24) is 4.90 Å². The Morgan fingerprint density at radius 1 is 1.11 bits per heavy atom. The van der Waals surface area contributed by atoms with Crippen molar-refractivity contribution in [3.05, 3.63) is 75.8 Å². The Bertz CT molecular complexity index is 918. The number of rotatable bonds is 6. The third kappa shape index (κ3) is 3.83. The Morgan fingerprint density at radius 3 is 2.43 bits per heavy atom. The number of halogens is 1. The molecular weight excluding hydrogens is 374 g/mol. The van der Waals surface area contributed by atoms with Crippen LogP contribution in [-0.4, -0.2) is 28.2 Å². The number of benzene rings is 2. The largest absolute Gasteiger partial charge is 0.507 e. The second kappa shape index (κ2) is 8.61. The number of amides is 1. The maximum Gasteiger partial charge on any atom is 0.295 e. The first kappa shape index (κ1) is 20.2. The first-order chi connectivity index (χ1) is 13.5. The van der Waals surface area contributed by atoms with Crippen LogP contribution < -0.4 is 0 Å². The molecule has 3 rings (SSSR count). The zero-order valence-corrected chi connectivity index (χ0v) is 16.9. The summed E-state index contributed by atoms with van der Waals surface area (Å²) in [6, 6.07) is 13.9. The SMILES string of the molecule is CCCCN1C(=O)C(=O)/C(=C(\O)c2cccc(Cl)c2)C1c1ccc(CC)cc1. The van der Waals surface area contributed by atoms with Crippen molar-refractivity contribution < 1.29 is 14.7 Å². The van der Waals surface area contributed by atoms with Crippen LogP contribution in [0.25, 0.3) is 5.76 Å². The van der Waals surface area contributed by atoms with Crippen molar-refractivity contribution in [3.8, 4) is 0 Å². The molecule has 146 valence electrons. The molecular formula is C23H24ClNO3. The quantitative estimate of drug-likeness (QED) is 0.418. The highest BCUT2D eigenvalue weighted by atomic mass is 35.5. The summed E-state index contributed by atoms with van der Waals surface area (Å²) in [6.45, 7) is 4.57. The first-order valence-electron chi connectivity index (χ1n) is 9.61. The summed E-state index contributed by atoms with van der Waals surface area (Å²) in [6.07, 6.45) is 2.59. The molecule has 0 bridgehead atoms. The molecule has 0 aromatic heterocycles. The van der Waals surface area contributed by atoms with Gasteiger partial charge < -0.3 is 10.0 Å². The van der Waals surface area contributed by atoms with Crippen molar-refractivity contribution in [2.45, 2.75) is 39.2 Å². The number of carbonyl (C=O) groups excluding carboxylic acids is 2. The van der Waals surface area contributed by atoms with Crippen LogP contribution in [0.3, 0.4) is 0 Å². The highest BCUT2D eigenvalue weighted by molar-refractivity contribution is 6.46. The molecule has 0 spiro atoms. The van der Waals surface area contributed by atoms with E-state index in [-0.39, 0.29) is 11.3 Å². The maximum absolute atomic E-state index is 12.8. The van der Waals surface area contributed by atoms with Crippen molar-refractivity contribution in [3.63, 3.8) is 0 Å². The highest BCUT2D eigenvalue weighted by Crippen LogP contribution is 2.39. The van der Waals surface area contributed by atoms with Gasteiger partial charge in [-0.1, -0.05) is 68.3 Å². The Morgan fingerprint density at radius 2 is 1.82 bits per heavy atom. The number of aryl methyl sites for hydroxylation is 1. The van der Waals surface area contributed by atoms with Crippen LogP contribution in [0.5, 0.6) is 0 Å². The standard InChI is InChI=1S/C23H24ClNO3/c1-3-5-13-25-20(16-11-9-15(4-2)10-12-16)19(22(27)23(25)28)21(26)17-7-6-8-18(24)14-17/h6-12,14,20,26H,3-5,13H2,1-2H3/b21-19-. The number of ketones is 1. The lowest BCUT2D eigenvalue weighted by molar-refractivity contribution is -0.139. The van der Waals surface area contributed by atoms with Crippen LogP contribution in [0.1, 0.15) is 49.4 Å². The third-order valence-electron chi connectivity index (χ3n) is 5.09. The molecule has 28 heavy (non-hydrogen) atoms. The van der Waals surface area contributed by atoms with Crippen LogP contribution in [0.4, 0.5) is 0 Å². The fourth-order valence-corrected chi connectivity index (χ4v) is 3.70. The van der Waals surface area contributed by atoms with Gasteiger partial charge in [-0.05, 0) is 36.1 Å². The van der Waals surface area contributed by atoms with E-state index in [2.05, 4.69) is 6.92 Å². The number of nitrogens with zero attached hydrogens (tertiary/aromatic N) is 1.